The topological polar surface area (TPSA) is 32.8 Å². The van der Waals surface area contributed by atoms with Crippen molar-refractivity contribution in [3.05, 3.63) is 76.9 Å². The first-order valence-electron chi connectivity index (χ1n) is 10.9. The Morgan fingerprint density at radius 1 is 1.03 bits per heavy atom. The Morgan fingerprint density at radius 3 is 2.38 bits per heavy atom. The quantitative estimate of drug-likeness (QED) is 0.548. The van der Waals surface area contributed by atoms with Gasteiger partial charge in [0.1, 0.15) is 0 Å². The number of hydrogen-bond acceptors (Lipinski definition) is 4. The van der Waals surface area contributed by atoms with Crippen LogP contribution in [0.15, 0.2) is 54.6 Å². The summed E-state index contributed by atoms with van der Waals surface area (Å²) >= 11 is 0. The molecule has 0 saturated carbocycles. The van der Waals surface area contributed by atoms with E-state index in [0.29, 0.717) is 17.7 Å². The third-order valence-corrected chi connectivity index (χ3v) is 5.53. The zero-order valence-corrected chi connectivity index (χ0v) is 18.3. The number of rotatable bonds is 8. The minimum absolute atomic E-state index is 0.294. The molecule has 0 aliphatic carbocycles. The maximum Gasteiger partial charge on any atom is 0.416 e. The van der Waals surface area contributed by atoms with Gasteiger partial charge in [0, 0.05) is 39.3 Å². The van der Waals surface area contributed by atoms with Crippen LogP contribution in [0, 0.1) is 0 Å². The van der Waals surface area contributed by atoms with Crippen molar-refractivity contribution in [2.24, 2.45) is 0 Å². The molecule has 1 saturated heterocycles. The molecule has 1 aliphatic rings. The van der Waals surface area contributed by atoms with Crippen LogP contribution in [0.2, 0.25) is 0 Å². The van der Waals surface area contributed by atoms with Crippen LogP contribution >= 0.6 is 0 Å². The minimum Gasteiger partial charge on any atom is -0.462 e. The highest BCUT2D eigenvalue weighted by atomic mass is 19.4. The summed E-state index contributed by atoms with van der Waals surface area (Å²) in [6.45, 7) is 7.60. The second-order valence-electron chi connectivity index (χ2n) is 7.84. The molecule has 0 atom stereocenters. The molecule has 1 fully saturated rings. The van der Waals surface area contributed by atoms with Crippen LogP contribution in [-0.4, -0.2) is 61.6 Å². The van der Waals surface area contributed by atoms with E-state index in [-0.39, 0.29) is 5.97 Å². The molecule has 0 N–H and O–H groups in total. The number of carbonyl (C=O) groups is 1. The van der Waals surface area contributed by atoms with Crippen LogP contribution in [0.4, 0.5) is 13.2 Å². The van der Waals surface area contributed by atoms with Crippen molar-refractivity contribution >= 4 is 12.0 Å². The van der Waals surface area contributed by atoms with Crippen LogP contribution < -0.4 is 0 Å². The Bertz CT molecular complexity index is 902. The second kappa shape index (κ2) is 11.3. The van der Waals surface area contributed by atoms with Gasteiger partial charge >= 0.3 is 12.1 Å². The molecule has 0 unspecified atom stereocenters. The van der Waals surface area contributed by atoms with Crippen molar-refractivity contribution in [1.29, 1.82) is 0 Å². The van der Waals surface area contributed by atoms with Gasteiger partial charge in [-0.1, -0.05) is 36.4 Å². The first kappa shape index (κ1) is 24.0. The van der Waals surface area contributed by atoms with E-state index in [2.05, 4.69) is 9.80 Å². The molecule has 0 amide bonds. The molecule has 1 aliphatic heterocycles. The highest BCUT2D eigenvalue weighted by Crippen LogP contribution is 2.29. The molecule has 0 spiro atoms. The smallest absolute Gasteiger partial charge is 0.416 e. The summed E-state index contributed by atoms with van der Waals surface area (Å²) in [5, 5.41) is 0. The number of carbonyl (C=O) groups excluding carboxylic acids is 1. The van der Waals surface area contributed by atoms with Gasteiger partial charge in [-0.05, 0) is 48.7 Å². The van der Waals surface area contributed by atoms with E-state index in [1.54, 1.807) is 19.1 Å². The van der Waals surface area contributed by atoms with E-state index < -0.39 is 11.7 Å². The lowest BCUT2D eigenvalue weighted by Gasteiger charge is -2.34. The zero-order chi connectivity index (χ0) is 23.0. The normalized spacial score (nSPS) is 15.9. The number of piperazine rings is 1. The molecule has 0 radical (unpaired) electrons. The fraction of sp³-hybridized carbons (Fsp3) is 0.400. The van der Waals surface area contributed by atoms with Gasteiger partial charge in [-0.3, -0.25) is 4.90 Å². The molecular formula is C25H29F3N2O2. The molecular weight excluding hydrogens is 417 g/mol. The largest absolute Gasteiger partial charge is 0.462 e. The lowest BCUT2D eigenvalue weighted by Crippen LogP contribution is -2.46. The molecule has 4 nitrogen and oxygen atoms in total. The van der Waals surface area contributed by atoms with Crippen LogP contribution in [-0.2, 0) is 17.3 Å². The van der Waals surface area contributed by atoms with Gasteiger partial charge in [0.25, 0.3) is 0 Å². The van der Waals surface area contributed by atoms with Crippen LogP contribution in [0.3, 0.4) is 0 Å². The predicted molar refractivity (Wildman–Crippen MR) is 119 cm³/mol. The van der Waals surface area contributed by atoms with E-state index in [0.717, 1.165) is 51.8 Å². The number of ether oxygens (including phenoxy) is 1. The van der Waals surface area contributed by atoms with Crippen LogP contribution in [0.1, 0.15) is 34.0 Å². The highest BCUT2D eigenvalue weighted by Gasteiger charge is 2.30. The van der Waals surface area contributed by atoms with E-state index in [1.165, 1.54) is 17.7 Å². The monoisotopic (exact) mass is 446 g/mol. The summed E-state index contributed by atoms with van der Waals surface area (Å²) < 4.78 is 43.4. The maximum absolute atomic E-state index is 12.8. The van der Waals surface area contributed by atoms with Gasteiger partial charge in [-0.15, -0.1) is 0 Å². The Labute approximate surface area is 187 Å². The second-order valence-corrected chi connectivity index (χ2v) is 7.84. The summed E-state index contributed by atoms with van der Waals surface area (Å²) in [6, 6.07) is 12.9. The number of benzene rings is 2. The predicted octanol–water partition coefficient (Wildman–Crippen LogP) is 4.76. The number of halogens is 3. The molecule has 2 aromatic carbocycles. The molecule has 7 heteroatoms. The third-order valence-electron chi connectivity index (χ3n) is 5.53. The number of alkyl halides is 3. The van der Waals surface area contributed by atoms with Crippen LogP contribution in [0.25, 0.3) is 6.08 Å². The summed E-state index contributed by atoms with van der Waals surface area (Å²) in [4.78, 5) is 16.4. The Balaban J connectivity index is 1.39. The third kappa shape index (κ3) is 7.21. The van der Waals surface area contributed by atoms with Crippen LogP contribution in [0.5, 0.6) is 0 Å². The molecule has 32 heavy (non-hydrogen) atoms. The van der Waals surface area contributed by atoms with E-state index >= 15 is 0 Å². The molecule has 172 valence electrons. The first-order chi connectivity index (χ1) is 15.3. The Morgan fingerprint density at radius 2 is 1.72 bits per heavy atom. The first-order valence-corrected chi connectivity index (χ1v) is 10.9. The van der Waals surface area contributed by atoms with Gasteiger partial charge in [0.05, 0.1) is 17.7 Å². The number of esters is 1. The summed E-state index contributed by atoms with van der Waals surface area (Å²) in [7, 11) is 0. The van der Waals surface area contributed by atoms with Gasteiger partial charge in [0.15, 0.2) is 0 Å². The van der Waals surface area contributed by atoms with E-state index in [1.807, 2.05) is 30.3 Å². The fourth-order valence-electron chi connectivity index (χ4n) is 3.66. The number of hydrogen-bond donors (Lipinski definition) is 0. The summed E-state index contributed by atoms with van der Waals surface area (Å²) in [5.74, 6) is -0.294. The maximum atomic E-state index is 12.8. The lowest BCUT2D eigenvalue weighted by atomic mass is 10.1. The Hall–Kier alpha value is -2.64. The summed E-state index contributed by atoms with van der Waals surface area (Å²) in [6.07, 6.45) is 0.277. The Kier molecular flexibility index (Phi) is 8.47. The van der Waals surface area contributed by atoms with Gasteiger partial charge in [-0.2, -0.15) is 13.2 Å². The molecule has 1 heterocycles. The number of nitrogens with zero attached hydrogens (tertiary/aromatic N) is 2. The van der Waals surface area contributed by atoms with Crippen molar-refractivity contribution in [3.8, 4) is 0 Å². The van der Waals surface area contributed by atoms with Crippen molar-refractivity contribution in [3.63, 3.8) is 0 Å². The minimum atomic E-state index is -4.32. The van der Waals surface area contributed by atoms with Gasteiger partial charge in [0.2, 0.25) is 0 Å². The SMILES string of the molecule is CCOC(=O)c1ccc(CCN2CCN(CC=Cc3cccc(C(F)(F)F)c3)CC2)cc1. The van der Waals surface area contributed by atoms with E-state index in [9.17, 15) is 18.0 Å². The molecule has 3 rings (SSSR count). The van der Waals surface area contributed by atoms with Crippen molar-refractivity contribution in [2.45, 2.75) is 19.5 Å². The van der Waals surface area contributed by atoms with Crippen molar-refractivity contribution in [1.82, 2.24) is 9.80 Å². The lowest BCUT2D eigenvalue weighted by molar-refractivity contribution is -0.137. The van der Waals surface area contributed by atoms with Crippen molar-refractivity contribution < 1.29 is 22.7 Å². The summed E-state index contributed by atoms with van der Waals surface area (Å²) in [5.41, 5.74) is 1.70. The molecule has 0 aromatic heterocycles. The average Bonchev–Trinajstić information content (AvgIpc) is 2.79. The van der Waals surface area contributed by atoms with Crippen molar-refractivity contribution in [2.75, 3.05) is 45.9 Å². The standard InChI is InChI=1S/C25H29F3N2O2/c1-2-32-24(31)22-10-8-20(9-11-22)12-14-30-17-15-29(16-18-30)13-4-6-21-5-3-7-23(19-21)25(26,27)28/h3-11,19H,2,12-18H2,1H3. The fourth-order valence-corrected chi connectivity index (χ4v) is 3.66. The average molecular weight is 447 g/mol. The van der Waals surface area contributed by atoms with Gasteiger partial charge < -0.3 is 9.64 Å². The van der Waals surface area contributed by atoms with E-state index in [4.69, 9.17) is 4.74 Å². The van der Waals surface area contributed by atoms with Gasteiger partial charge in [-0.25, -0.2) is 4.79 Å². The molecule has 2 aromatic rings. The molecule has 0 bridgehead atoms. The zero-order valence-electron chi connectivity index (χ0n) is 18.3. The highest BCUT2D eigenvalue weighted by molar-refractivity contribution is 5.89.